The number of carbonyl (C=O) groups excluding carboxylic acids is 2. The van der Waals surface area contributed by atoms with Crippen molar-refractivity contribution in [3.63, 3.8) is 0 Å². The van der Waals surface area contributed by atoms with E-state index in [9.17, 15) is 9.59 Å². The van der Waals surface area contributed by atoms with Crippen molar-refractivity contribution in [3.05, 3.63) is 65.9 Å². The van der Waals surface area contributed by atoms with Crippen molar-refractivity contribution < 1.29 is 19.1 Å². The van der Waals surface area contributed by atoms with E-state index < -0.39 is 0 Å². The van der Waals surface area contributed by atoms with Crippen LogP contribution in [0.3, 0.4) is 0 Å². The van der Waals surface area contributed by atoms with Gasteiger partial charge in [-0.1, -0.05) is 36.4 Å². The molecule has 138 valence electrons. The molecule has 0 aliphatic carbocycles. The molecule has 1 saturated heterocycles. The van der Waals surface area contributed by atoms with E-state index >= 15 is 0 Å². The second-order valence-corrected chi connectivity index (χ2v) is 6.34. The summed E-state index contributed by atoms with van der Waals surface area (Å²) in [5, 5.41) is 0. The lowest BCUT2D eigenvalue weighted by molar-refractivity contribution is -0.121. The topological polar surface area (TPSA) is 59.1 Å². The number of benzene rings is 2. The minimum absolute atomic E-state index is 0.311. The highest BCUT2D eigenvalue weighted by atomic mass is 16.5. The first kappa shape index (κ1) is 17.3. The fraction of sp³-hybridized carbons (Fsp3) is 0.238. The number of imide groups is 1. The van der Waals surface area contributed by atoms with Crippen molar-refractivity contribution in [2.45, 2.75) is 0 Å². The minimum Gasteiger partial charge on any atom is -0.497 e. The number of hydrogen-bond donors (Lipinski definition) is 0. The first-order valence-corrected chi connectivity index (χ1v) is 8.86. The highest BCUT2D eigenvalue weighted by Gasteiger charge is 2.42. The third-order valence-corrected chi connectivity index (χ3v) is 4.76. The second kappa shape index (κ2) is 7.25. The lowest BCUT2D eigenvalue weighted by atomic mass is 10.0. The van der Waals surface area contributed by atoms with Crippen LogP contribution in [0, 0.1) is 0 Å². The van der Waals surface area contributed by atoms with Crippen LogP contribution in [0.1, 0.15) is 5.56 Å². The summed E-state index contributed by atoms with van der Waals surface area (Å²) in [6.45, 7) is 2.23. The maximum absolute atomic E-state index is 13.3. The number of methoxy groups -OCH3 is 1. The molecular weight excluding hydrogens is 344 g/mol. The van der Waals surface area contributed by atoms with Gasteiger partial charge in [0, 0.05) is 19.2 Å². The quantitative estimate of drug-likeness (QED) is 0.780. The summed E-state index contributed by atoms with van der Waals surface area (Å²) < 4.78 is 10.7. The van der Waals surface area contributed by atoms with Gasteiger partial charge in [0.05, 0.1) is 31.6 Å². The zero-order valence-corrected chi connectivity index (χ0v) is 15.1. The Morgan fingerprint density at radius 3 is 2.37 bits per heavy atom. The van der Waals surface area contributed by atoms with Crippen LogP contribution >= 0.6 is 0 Å². The highest BCUT2D eigenvalue weighted by molar-refractivity contribution is 6.45. The molecule has 0 spiro atoms. The summed E-state index contributed by atoms with van der Waals surface area (Å²) in [7, 11) is 1.56. The fourth-order valence-electron chi connectivity index (χ4n) is 3.45. The predicted molar refractivity (Wildman–Crippen MR) is 101 cm³/mol. The monoisotopic (exact) mass is 364 g/mol. The number of nitrogens with zero attached hydrogens (tertiary/aromatic N) is 2. The van der Waals surface area contributed by atoms with Crippen molar-refractivity contribution in [1.82, 2.24) is 4.90 Å². The standard InChI is InChI=1S/C21H20N2O4/c1-26-17-9-5-8-16(14-17)23-20(24)18(15-6-3-2-4-7-15)19(21(23)25)22-10-12-27-13-11-22/h2-9,14H,10-13H2,1H3. The Kier molecular flexibility index (Phi) is 4.64. The van der Waals surface area contributed by atoms with Gasteiger partial charge in [0.15, 0.2) is 0 Å². The van der Waals surface area contributed by atoms with Crippen LogP contribution < -0.4 is 9.64 Å². The molecule has 0 atom stereocenters. The first-order valence-electron chi connectivity index (χ1n) is 8.86. The zero-order chi connectivity index (χ0) is 18.8. The summed E-state index contributed by atoms with van der Waals surface area (Å²) in [5.74, 6) is -0.0378. The van der Waals surface area contributed by atoms with E-state index in [1.165, 1.54) is 4.90 Å². The zero-order valence-electron chi connectivity index (χ0n) is 15.1. The maximum Gasteiger partial charge on any atom is 0.282 e. The molecule has 0 N–H and O–H groups in total. The molecule has 4 rings (SSSR count). The predicted octanol–water partition coefficient (Wildman–Crippen LogP) is 2.31. The first-order chi connectivity index (χ1) is 13.2. The molecular formula is C21H20N2O4. The molecule has 1 fully saturated rings. The largest absolute Gasteiger partial charge is 0.497 e. The maximum atomic E-state index is 13.3. The number of hydrogen-bond acceptors (Lipinski definition) is 5. The van der Waals surface area contributed by atoms with Gasteiger partial charge in [-0.25, -0.2) is 4.90 Å². The van der Waals surface area contributed by atoms with Gasteiger partial charge in [-0.15, -0.1) is 0 Å². The average Bonchev–Trinajstić information content (AvgIpc) is 2.99. The van der Waals surface area contributed by atoms with E-state index in [4.69, 9.17) is 9.47 Å². The van der Waals surface area contributed by atoms with Gasteiger partial charge < -0.3 is 14.4 Å². The minimum atomic E-state index is -0.319. The number of ether oxygens (including phenoxy) is 2. The summed E-state index contributed by atoms with van der Waals surface area (Å²) in [5.41, 5.74) is 2.12. The normalized spacial score (nSPS) is 17.7. The average molecular weight is 364 g/mol. The Morgan fingerprint density at radius 2 is 1.67 bits per heavy atom. The van der Waals surface area contributed by atoms with Gasteiger partial charge in [0.25, 0.3) is 11.8 Å². The van der Waals surface area contributed by atoms with Gasteiger partial charge in [0.2, 0.25) is 0 Å². The van der Waals surface area contributed by atoms with Crippen LogP contribution in [0.15, 0.2) is 60.3 Å². The Hall–Kier alpha value is -3.12. The van der Waals surface area contributed by atoms with Crippen LogP contribution in [-0.2, 0) is 14.3 Å². The SMILES string of the molecule is COc1cccc(N2C(=O)C(c3ccccc3)=C(N3CCOCC3)C2=O)c1. The van der Waals surface area contributed by atoms with Crippen molar-refractivity contribution in [3.8, 4) is 5.75 Å². The molecule has 6 nitrogen and oxygen atoms in total. The molecule has 2 aromatic carbocycles. The molecule has 2 aliphatic heterocycles. The van der Waals surface area contributed by atoms with Gasteiger partial charge in [-0.3, -0.25) is 9.59 Å². The van der Waals surface area contributed by atoms with E-state index in [1.54, 1.807) is 31.4 Å². The molecule has 0 unspecified atom stereocenters. The number of rotatable bonds is 4. The van der Waals surface area contributed by atoms with E-state index in [0.29, 0.717) is 49.0 Å². The van der Waals surface area contributed by atoms with E-state index in [1.807, 2.05) is 35.2 Å². The second-order valence-electron chi connectivity index (χ2n) is 6.34. The summed E-state index contributed by atoms with van der Waals surface area (Å²) >= 11 is 0. The lowest BCUT2D eigenvalue weighted by Gasteiger charge is -2.29. The third kappa shape index (κ3) is 3.08. The van der Waals surface area contributed by atoms with E-state index in [0.717, 1.165) is 5.56 Å². The number of amides is 2. The molecule has 2 amide bonds. The van der Waals surface area contributed by atoms with Gasteiger partial charge in [-0.05, 0) is 17.7 Å². The third-order valence-electron chi connectivity index (χ3n) is 4.76. The summed E-state index contributed by atoms with van der Waals surface area (Å²) in [4.78, 5) is 29.8. The number of carbonyl (C=O) groups is 2. The van der Waals surface area contributed by atoms with E-state index in [2.05, 4.69) is 0 Å². The van der Waals surface area contributed by atoms with Crippen molar-refractivity contribution in [2.75, 3.05) is 38.3 Å². The molecule has 0 saturated carbocycles. The Balaban J connectivity index is 1.81. The molecule has 6 heteroatoms. The van der Waals surface area contributed by atoms with Crippen molar-refractivity contribution in [1.29, 1.82) is 0 Å². The van der Waals surface area contributed by atoms with Gasteiger partial charge in [0.1, 0.15) is 11.4 Å². The Labute approximate surface area is 157 Å². The van der Waals surface area contributed by atoms with E-state index in [-0.39, 0.29) is 11.8 Å². The molecule has 2 aliphatic rings. The molecule has 27 heavy (non-hydrogen) atoms. The van der Waals surface area contributed by atoms with Gasteiger partial charge >= 0.3 is 0 Å². The Bertz CT molecular complexity index is 901. The molecule has 0 aromatic heterocycles. The van der Waals surface area contributed by atoms with Crippen molar-refractivity contribution >= 4 is 23.1 Å². The summed E-state index contributed by atoms with van der Waals surface area (Å²) in [6.07, 6.45) is 0. The Morgan fingerprint density at radius 1 is 0.926 bits per heavy atom. The number of anilines is 1. The summed E-state index contributed by atoms with van der Waals surface area (Å²) in [6, 6.07) is 16.3. The van der Waals surface area contributed by atoms with Crippen molar-refractivity contribution in [2.24, 2.45) is 0 Å². The lowest BCUT2D eigenvalue weighted by Crippen LogP contribution is -2.40. The van der Waals surface area contributed by atoms with Gasteiger partial charge in [-0.2, -0.15) is 0 Å². The van der Waals surface area contributed by atoms with Crippen LogP contribution in [0.4, 0.5) is 5.69 Å². The molecule has 0 bridgehead atoms. The van der Waals surface area contributed by atoms with Crippen LogP contribution in [0.5, 0.6) is 5.75 Å². The van der Waals surface area contributed by atoms with Crippen LogP contribution in [-0.4, -0.2) is 50.1 Å². The van der Waals surface area contributed by atoms with Crippen LogP contribution in [0.25, 0.3) is 5.57 Å². The highest BCUT2D eigenvalue weighted by Crippen LogP contribution is 2.35. The molecule has 2 heterocycles. The fourth-order valence-corrected chi connectivity index (χ4v) is 3.45. The molecule has 2 aromatic rings. The van der Waals surface area contributed by atoms with Crippen LogP contribution in [0.2, 0.25) is 0 Å². The molecule has 0 radical (unpaired) electrons. The smallest absolute Gasteiger partial charge is 0.282 e. The number of morpholine rings is 1.